The minimum Gasteiger partial charge on any atom is -0.490 e. The lowest BCUT2D eigenvalue weighted by molar-refractivity contribution is 0.201. The summed E-state index contributed by atoms with van der Waals surface area (Å²) in [5.41, 5.74) is 3.33. The number of imidazole rings is 1. The molecule has 0 bridgehead atoms. The van der Waals surface area contributed by atoms with Crippen molar-refractivity contribution in [2.45, 2.75) is 0 Å². The zero-order chi connectivity index (χ0) is 19.6. The Balaban J connectivity index is 1.57. The number of nitrogens with zero attached hydrogens (tertiary/aromatic N) is 3. The van der Waals surface area contributed by atoms with Crippen molar-refractivity contribution >= 4 is 16.6 Å². The summed E-state index contributed by atoms with van der Waals surface area (Å²) in [5.74, 6) is 1.62. The lowest BCUT2D eigenvalue weighted by Crippen LogP contribution is -2.04. The maximum absolute atomic E-state index is 9.24. The Kier molecular flexibility index (Phi) is 4.34. The fourth-order valence-electron chi connectivity index (χ4n) is 3.28. The van der Waals surface area contributed by atoms with Gasteiger partial charge >= 0.3 is 0 Å². The van der Waals surface area contributed by atoms with Crippen LogP contribution in [0.25, 0.3) is 27.9 Å². The first-order valence-corrected chi connectivity index (χ1v) is 9.14. The SMILES string of the molecule is OCCOc1cc(Oc2nccc3occc23)ccc1-c1cccc2nccn12. The molecule has 0 fully saturated rings. The van der Waals surface area contributed by atoms with Crippen LogP contribution in [0.4, 0.5) is 0 Å². The van der Waals surface area contributed by atoms with Crippen LogP contribution < -0.4 is 9.47 Å². The predicted octanol–water partition coefficient (Wildman–Crippen LogP) is 4.31. The van der Waals surface area contributed by atoms with Gasteiger partial charge in [-0.15, -0.1) is 0 Å². The van der Waals surface area contributed by atoms with Crippen LogP contribution in [0.5, 0.6) is 17.4 Å². The highest BCUT2D eigenvalue weighted by atomic mass is 16.5. The van der Waals surface area contributed by atoms with Crippen LogP contribution in [0.1, 0.15) is 0 Å². The molecule has 0 aliphatic rings. The number of benzene rings is 1. The normalized spacial score (nSPS) is 11.2. The van der Waals surface area contributed by atoms with Gasteiger partial charge in [-0.05, 0) is 36.4 Å². The van der Waals surface area contributed by atoms with Crippen molar-refractivity contribution in [3.63, 3.8) is 0 Å². The first-order chi connectivity index (χ1) is 14.3. The number of rotatable bonds is 6. The molecule has 0 spiro atoms. The molecule has 5 aromatic rings. The monoisotopic (exact) mass is 387 g/mol. The number of furan rings is 1. The van der Waals surface area contributed by atoms with Crippen LogP contribution in [0.2, 0.25) is 0 Å². The molecule has 1 aromatic carbocycles. The van der Waals surface area contributed by atoms with Gasteiger partial charge in [0.05, 0.1) is 24.0 Å². The van der Waals surface area contributed by atoms with Crippen molar-refractivity contribution in [1.82, 2.24) is 14.4 Å². The molecule has 0 saturated heterocycles. The van der Waals surface area contributed by atoms with E-state index < -0.39 is 0 Å². The molecule has 144 valence electrons. The molecule has 7 heteroatoms. The fourth-order valence-corrected chi connectivity index (χ4v) is 3.28. The summed E-state index contributed by atoms with van der Waals surface area (Å²) in [4.78, 5) is 8.64. The summed E-state index contributed by atoms with van der Waals surface area (Å²) < 4.78 is 19.2. The molecule has 0 amide bonds. The lowest BCUT2D eigenvalue weighted by atomic mass is 10.1. The molecule has 0 aliphatic carbocycles. The van der Waals surface area contributed by atoms with E-state index in [1.54, 1.807) is 30.8 Å². The van der Waals surface area contributed by atoms with Crippen LogP contribution in [-0.4, -0.2) is 32.7 Å². The van der Waals surface area contributed by atoms with Gasteiger partial charge in [-0.2, -0.15) is 0 Å². The van der Waals surface area contributed by atoms with E-state index >= 15 is 0 Å². The average molecular weight is 387 g/mol. The fraction of sp³-hybridized carbons (Fsp3) is 0.0909. The largest absolute Gasteiger partial charge is 0.490 e. The topological polar surface area (TPSA) is 82.0 Å². The van der Waals surface area contributed by atoms with E-state index in [-0.39, 0.29) is 13.2 Å². The van der Waals surface area contributed by atoms with Gasteiger partial charge < -0.3 is 19.0 Å². The maximum Gasteiger partial charge on any atom is 0.230 e. The minimum atomic E-state index is -0.0876. The molecule has 29 heavy (non-hydrogen) atoms. The van der Waals surface area contributed by atoms with E-state index in [1.807, 2.05) is 47.0 Å². The Hall–Kier alpha value is -3.84. The second-order valence-corrected chi connectivity index (χ2v) is 6.35. The molecule has 4 heterocycles. The molecule has 0 radical (unpaired) electrons. The number of pyridine rings is 2. The van der Waals surface area contributed by atoms with E-state index in [1.165, 1.54) is 0 Å². The van der Waals surface area contributed by atoms with Crippen LogP contribution in [0.3, 0.4) is 0 Å². The van der Waals surface area contributed by atoms with Crippen LogP contribution in [0, 0.1) is 0 Å². The third-order valence-electron chi connectivity index (χ3n) is 4.56. The number of ether oxygens (including phenoxy) is 2. The molecule has 7 nitrogen and oxygen atoms in total. The molecule has 0 saturated carbocycles. The minimum absolute atomic E-state index is 0.0876. The molecular formula is C22H17N3O4. The number of aliphatic hydroxyl groups excluding tert-OH is 1. The standard InChI is InChI=1S/C22H17N3O4/c26-11-13-28-20-14-15(29-22-17-7-12-27-19(17)6-8-24-22)4-5-16(20)18-2-1-3-21-23-9-10-25(18)21/h1-10,12,14,26H,11,13H2. The van der Waals surface area contributed by atoms with Crippen molar-refractivity contribution in [3.05, 3.63) is 73.4 Å². The lowest BCUT2D eigenvalue weighted by Gasteiger charge is -2.14. The molecule has 0 atom stereocenters. The van der Waals surface area contributed by atoms with E-state index in [2.05, 4.69) is 9.97 Å². The van der Waals surface area contributed by atoms with Gasteiger partial charge in [0.1, 0.15) is 29.3 Å². The Morgan fingerprint density at radius 2 is 2.00 bits per heavy atom. The zero-order valence-electron chi connectivity index (χ0n) is 15.4. The second-order valence-electron chi connectivity index (χ2n) is 6.35. The quantitative estimate of drug-likeness (QED) is 0.468. The highest BCUT2D eigenvalue weighted by Gasteiger charge is 2.14. The van der Waals surface area contributed by atoms with Gasteiger partial charge in [-0.3, -0.25) is 4.40 Å². The van der Waals surface area contributed by atoms with Gasteiger partial charge in [0.15, 0.2) is 0 Å². The summed E-state index contributed by atoms with van der Waals surface area (Å²) >= 11 is 0. The third-order valence-corrected chi connectivity index (χ3v) is 4.56. The van der Waals surface area contributed by atoms with Gasteiger partial charge in [0, 0.05) is 30.2 Å². The van der Waals surface area contributed by atoms with Crippen molar-refractivity contribution in [1.29, 1.82) is 0 Å². The summed E-state index contributed by atoms with van der Waals surface area (Å²) in [5, 5.41) is 10.0. The van der Waals surface area contributed by atoms with Crippen molar-refractivity contribution in [2.75, 3.05) is 13.2 Å². The van der Waals surface area contributed by atoms with Crippen molar-refractivity contribution in [3.8, 4) is 28.6 Å². The number of hydrogen-bond acceptors (Lipinski definition) is 6. The molecule has 4 aromatic heterocycles. The first-order valence-electron chi connectivity index (χ1n) is 9.14. The molecule has 0 aliphatic heterocycles. The third kappa shape index (κ3) is 3.17. The van der Waals surface area contributed by atoms with Crippen LogP contribution in [0.15, 0.2) is 77.8 Å². The Bertz CT molecular complexity index is 1290. The van der Waals surface area contributed by atoms with Gasteiger partial charge in [0.2, 0.25) is 5.88 Å². The Morgan fingerprint density at radius 3 is 2.93 bits per heavy atom. The highest BCUT2D eigenvalue weighted by Crippen LogP contribution is 2.36. The van der Waals surface area contributed by atoms with Crippen molar-refractivity contribution in [2.24, 2.45) is 0 Å². The summed E-state index contributed by atoms with van der Waals surface area (Å²) in [6.45, 7) is 0.0849. The van der Waals surface area contributed by atoms with E-state index in [9.17, 15) is 5.11 Å². The number of aromatic nitrogens is 3. The summed E-state index contributed by atoms with van der Waals surface area (Å²) in [6.07, 6.45) is 6.89. The number of aliphatic hydroxyl groups is 1. The van der Waals surface area contributed by atoms with E-state index in [0.717, 1.165) is 22.3 Å². The summed E-state index contributed by atoms with van der Waals surface area (Å²) in [7, 11) is 0. The van der Waals surface area contributed by atoms with E-state index in [0.29, 0.717) is 23.0 Å². The number of fused-ring (bicyclic) bond motifs is 2. The summed E-state index contributed by atoms with van der Waals surface area (Å²) in [6, 6.07) is 15.0. The van der Waals surface area contributed by atoms with Crippen LogP contribution >= 0.6 is 0 Å². The van der Waals surface area contributed by atoms with Crippen LogP contribution in [-0.2, 0) is 0 Å². The first kappa shape index (κ1) is 17.3. The predicted molar refractivity (Wildman–Crippen MR) is 107 cm³/mol. The second kappa shape index (κ2) is 7.29. The molecule has 1 N–H and O–H groups in total. The molecular weight excluding hydrogens is 370 g/mol. The molecule has 0 unspecified atom stereocenters. The average Bonchev–Trinajstić information content (AvgIpc) is 3.42. The van der Waals surface area contributed by atoms with Gasteiger partial charge in [-0.1, -0.05) is 6.07 Å². The van der Waals surface area contributed by atoms with E-state index in [4.69, 9.17) is 13.9 Å². The molecule has 5 rings (SSSR count). The number of hydrogen-bond donors (Lipinski definition) is 1. The Morgan fingerprint density at radius 1 is 1.03 bits per heavy atom. The maximum atomic E-state index is 9.24. The highest BCUT2D eigenvalue weighted by molar-refractivity contribution is 5.82. The Labute approximate surface area is 165 Å². The zero-order valence-corrected chi connectivity index (χ0v) is 15.4. The van der Waals surface area contributed by atoms with Gasteiger partial charge in [0.25, 0.3) is 0 Å². The van der Waals surface area contributed by atoms with Crippen molar-refractivity contribution < 1.29 is 19.0 Å². The smallest absolute Gasteiger partial charge is 0.230 e. The van der Waals surface area contributed by atoms with Gasteiger partial charge in [-0.25, -0.2) is 9.97 Å².